The Kier molecular flexibility index (Phi) is 4.55. The molecule has 0 bridgehead atoms. The van der Waals surface area contributed by atoms with Crippen molar-refractivity contribution in [1.82, 2.24) is 9.78 Å². The Morgan fingerprint density at radius 2 is 2.00 bits per heavy atom. The fourth-order valence-corrected chi connectivity index (χ4v) is 2.21. The number of oxime groups is 1. The van der Waals surface area contributed by atoms with Gasteiger partial charge in [-0.3, -0.25) is 0 Å². The molecule has 0 spiro atoms. The fourth-order valence-electron chi connectivity index (χ4n) is 2.21. The van der Waals surface area contributed by atoms with Crippen molar-refractivity contribution in [3.8, 4) is 5.69 Å². The molecule has 0 saturated heterocycles. The summed E-state index contributed by atoms with van der Waals surface area (Å²) in [4.78, 5) is 11.9. The second-order valence-electron chi connectivity index (χ2n) is 4.60. The van der Waals surface area contributed by atoms with Gasteiger partial charge in [0.25, 0.3) is 0 Å². The first-order valence-electron chi connectivity index (χ1n) is 6.71. The minimum Gasteiger partial charge on any atom is -0.461 e. The Morgan fingerprint density at radius 3 is 2.55 bits per heavy atom. The molecule has 6 nitrogen and oxygen atoms in total. The molecule has 1 aromatic carbocycles. The van der Waals surface area contributed by atoms with Crippen LogP contribution in [0, 0.1) is 19.7 Å². The van der Waals surface area contributed by atoms with E-state index in [1.54, 1.807) is 37.6 Å². The molecule has 7 heteroatoms. The smallest absolute Gasteiger partial charge is 0.361 e. The number of benzene rings is 1. The molecule has 2 rings (SSSR count). The highest BCUT2D eigenvalue weighted by Crippen LogP contribution is 2.19. The van der Waals surface area contributed by atoms with E-state index in [0.717, 1.165) is 0 Å². The van der Waals surface area contributed by atoms with Crippen LogP contribution in [0.3, 0.4) is 0 Å². The second kappa shape index (κ2) is 6.38. The molecule has 22 heavy (non-hydrogen) atoms. The molecular formula is C15H16FN3O3. The van der Waals surface area contributed by atoms with Crippen molar-refractivity contribution in [2.24, 2.45) is 5.16 Å². The molecule has 0 aliphatic heterocycles. The Labute approximate surface area is 126 Å². The quantitative estimate of drug-likeness (QED) is 0.407. The summed E-state index contributed by atoms with van der Waals surface area (Å²) >= 11 is 0. The molecule has 116 valence electrons. The van der Waals surface area contributed by atoms with Crippen molar-refractivity contribution >= 4 is 11.7 Å². The van der Waals surface area contributed by atoms with Gasteiger partial charge in [-0.05, 0) is 45.0 Å². The van der Waals surface area contributed by atoms with E-state index in [1.165, 1.54) is 12.1 Å². The molecule has 0 radical (unpaired) electrons. The number of aryl methyl sites for hydroxylation is 1. The zero-order valence-electron chi connectivity index (χ0n) is 12.5. The maximum absolute atomic E-state index is 13.0. The standard InChI is InChI=1S/C15H16FN3O3/c1-4-22-15(20)14(18-21)13-9(2)17-19(10(13)3)12-7-5-11(16)6-8-12/h5-8,21H,4H2,1-3H3/b18-14-. The molecule has 1 heterocycles. The summed E-state index contributed by atoms with van der Waals surface area (Å²) in [6.07, 6.45) is 0. The highest BCUT2D eigenvalue weighted by Gasteiger charge is 2.24. The summed E-state index contributed by atoms with van der Waals surface area (Å²) in [5, 5.41) is 16.5. The summed E-state index contributed by atoms with van der Waals surface area (Å²) in [5.74, 6) is -1.08. The van der Waals surface area contributed by atoms with Crippen LogP contribution in [0.2, 0.25) is 0 Å². The molecule has 0 atom stereocenters. The van der Waals surface area contributed by atoms with Crippen molar-refractivity contribution in [1.29, 1.82) is 0 Å². The van der Waals surface area contributed by atoms with Crippen LogP contribution in [0.1, 0.15) is 23.9 Å². The molecule has 0 aliphatic carbocycles. The monoisotopic (exact) mass is 305 g/mol. The third-order valence-electron chi connectivity index (χ3n) is 3.17. The van der Waals surface area contributed by atoms with E-state index in [1.807, 2.05) is 0 Å². The number of esters is 1. The summed E-state index contributed by atoms with van der Waals surface area (Å²) in [6, 6.07) is 5.77. The van der Waals surface area contributed by atoms with Gasteiger partial charge in [0.05, 0.1) is 29.2 Å². The Morgan fingerprint density at radius 1 is 1.36 bits per heavy atom. The van der Waals surface area contributed by atoms with E-state index in [-0.39, 0.29) is 18.1 Å². The SMILES string of the molecule is CCOC(=O)/C(=N\O)c1c(C)nn(-c2ccc(F)cc2)c1C. The molecule has 1 aromatic heterocycles. The average Bonchev–Trinajstić information content (AvgIpc) is 2.78. The first-order chi connectivity index (χ1) is 10.5. The van der Waals surface area contributed by atoms with Crippen molar-refractivity contribution < 1.29 is 19.1 Å². The number of ether oxygens (including phenoxy) is 1. The summed E-state index contributed by atoms with van der Waals surface area (Å²) in [6.45, 7) is 5.24. The molecule has 0 saturated carbocycles. The van der Waals surface area contributed by atoms with Crippen molar-refractivity contribution in [2.75, 3.05) is 6.61 Å². The van der Waals surface area contributed by atoms with E-state index in [0.29, 0.717) is 22.6 Å². The van der Waals surface area contributed by atoms with Crippen LogP contribution in [-0.2, 0) is 9.53 Å². The first kappa shape index (κ1) is 15.7. The van der Waals surface area contributed by atoms with Gasteiger partial charge in [-0.2, -0.15) is 5.10 Å². The van der Waals surface area contributed by atoms with Crippen LogP contribution in [0.4, 0.5) is 4.39 Å². The lowest BCUT2D eigenvalue weighted by Crippen LogP contribution is -2.20. The van der Waals surface area contributed by atoms with Gasteiger partial charge in [-0.1, -0.05) is 5.16 Å². The number of nitrogens with zero attached hydrogens (tertiary/aromatic N) is 3. The Hall–Kier alpha value is -2.70. The van der Waals surface area contributed by atoms with Crippen LogP contribution in [0.25, 0.3) is 5.69 Å². The Bertz CT molecular complexity index is 720. The van der Waals surface area contributed by atoms with Crippen LogP contribution < -0.4 is 0 Å². The number of halogens is 1. The highest BCUT2D eigenvalue weighted by molar-refractivity contribution is 6.43. The summed E-state index contributed by atoms with van der Waals surface area (Å²) in [5.41, 5.74) is 1.91. The lowest BCUT2D eigenvalue weighted by Gasteiger charge is -2.06. The van der Waals surface area contributed by atoms with Gasteiger partial charge in [0.15, 0.2) is 5.71 Å². The van der Waals surface area contributed by atoms with Crippen LogP contribution in [0.5, 0.6) is 0 Å². The lowest BCUT2D eigenvalue weighted by molar-refractivity contribution is -0.135. The lowest BCUT2D eigenvalue weighted by atomic mass is 10.1. The second-order valence-corrected chi connectivity index (χ2v) is 4.60. The maximum Gasteiger partial charge on any atom is 0.361 e. The van der Waals surface area contributed by atoms with E-state index in [4.69, 9.17) is 9.94 Å². The van der Waals surface area contributed by atoms with Crippen LogP contribution in [0.15, 0.2) is 29.4 Å². The zero-order valence-corrected chi connectivity index (χ0v) is 12.5. The number of carbonyl (C=O) groups excluding carboxylic acids is 1. The summed E-state index contributed by atoms with van der Waals surface area (Å²) in [7, 11) is 0. The number of hydrogen-bond donors (Lipinski definition) is 1. The predicted octanol–water partition coefficient (Wildman–Crippen LogP) is 2.37. The van der Waals surface area contributed by atoms with Gasteiger partial charge in [-0.25, -0.2) is 13.9 Å². The van der Waals surface area contributed by atoms with Gasteiger partial charge in [0.1, 0.15) is 5.82 Å². The molecule has 0 unspecified atom stereocenters. The summed E-state index contributed by atoms with van der Waals surface area (Å²) < 4.78 is 19.4. The van der Waals surface area contributed by atoms with Gasteiger partial charge in [0, 0.05) is 0 Å². The molecule has 1 N–H and O–H groups in total. The van der Waals surface area contributed by atoms with Gasteiger partial charge in [-0.15, -0.1) is 0 Å². The Balaban J connectivity index is 2.51. The van der Waals surface area contributed by atoms with Crippen LogP contribution in [-0.4, -0.2) is 33.3 Å². The molecule has 2 aromatic rings. The van der Waals surface area contributed by atoms with Crippen molar-refractivity contribution in [3.63, 3.8) is 0 Å². The molecule has 0 fully saturated rings. The maximum atomic E-state index is 13.0. The number of hydrogen-bond acceptors (Lipinski definition) is 5. The van der Waals surface area contributed by atoms with Gasteiger partial charge >= 0.3 is 5.97 Å². The molecule has 0 amide bonds. The molecular weight excluding hydrogens is 289 g/mol. The fraction of sp³-hybridized carbons (Fsp3) is 0.267. The van der Waals surface area contributed by atoms with E-state index in [2.05, 4.69) is 10.3 Å². The van der Waals surface area contributed by atoms with Crippen molar-refractivity contribution in [2.45, 2.75) is 20.8 Å². The third kappa shape index (κ3) is 2.83. The number of aromatic nitrogens is 2. The average molecular weight is 305 g/mol. The van der Waals surface area contributed by atoms with Crippen LogP contribution >= 0.6 is 0 Å². The van der Waals surface area contributed by atoms with Crippen molar-refractivity contribution in [3.05, 3.63) is 47.0 Å². The largest absolute Gasteiger partial charge is 0.461 e. The predicted molar refractivity (Wildman–Crippen MR) is 78.0 cm³/mol. The van der Waals surface area contributed by atoms with Gasteiger partial charge < -0.3 is 9.94 Å². The minimum atomic E-state index is -0.727. The number of rotatable bonds is 4. The first-order valence-corrected chi connectivity index (χ1v) is 6.71. The third-order valence-corrected chi connectivity index (χ3v) is 3.17. The van der Waals surface area contributed by atoms with E-state index in [9.17, 15) is 9.18 Å². The molecule has 0 aliphatic rings. The normalized spacial score (nSPS) is 11.5. The van der Waals surface area contributed by atoms with Gasteiger partial charge in [0.2, 0.25) is 0 Å². The zero-order chi connectivity index (χ0) is 16.3. The van der Waals surface area contributed by atoms with E-state index >= 15 is 0 Å². The minimum absolute atomic E-state index is 0.169. The highest BCUT2D eigenvalue weighted by atomic mass is 19.1. The van der Waals surface area contributed by atoms with E-state index < -0.39 is 5.97 Å². The topological polar surface area (TPSA) is 76.7 Å². The number of carbonyl (C=O) groups is 1.